The van der Waals surface area contributed by atoms with E-state index in [-0.39, 0.29) is 11.9 Å². The maximum Gasteiger partial charge on any atom is 0.254 e. The Morgan fingerprint density at radius 2 is 2.03 bits per heavy atom. The van der Waals surface area contributed by atoms with E-state index in [1.807, 2.05) is 39.0 Å². The average molecular weight is 484 g/mol. The van der Waals surface area contributed by atoms with Crippen molar-refractivity contribution >= 4 is 17.7 Å². The first kappa shape index (κ1) is 25.6. The van der Waals surface area contributed by atoms with E-state index in [0.29, 0.717) is 34.4 Å². The summed E-state index contributed by atoms with van der Waals surface area (Å²) in [7, 11) is 1.62. The molecule has 3 rings (SSSR count). The lowest BCUT2D eigenvalue weighted by molar-refractivity contribution is 0.0936. The first-order chi connectivity index (χ1) is 16.4. The number of nitrogens with one attached hydrogen (secondary N) is 1. The van der Waals surface area contributed by atoms with Crippen LogP contribution in [0.1, 0.15) is 72.1 Å². The second kappa shape index (κ2) is 12.5. The predicted molar refractivity (Wildman–Crippen MR) is 134 cm³/mol. The molecular formula is C26H33N3O4S. The summed E-state index contributed by atoms with van der Waals surface area (Å²) in [6.45, 7) is 8.57. The molecule has 3 aromatic rings. The molecule has 0 aliphatic carbocycles. The van der Waals surface area contributed by atoms with Crippen LogP contribution in [0.2, 0.25) is 0 Å². The number of aromatic nitrogens is 2. The second-order valence-electron chi connectivity index (χ2n) is 8.11. The molecule has 7 nitrogen and oxygen atoms in total. The minimum absolute atomic E-state index is 0.180. The molecule has 1 aromatic carbocycles. The van der Waals surface area contributed by atoms with E-state index in [4.69, 9.17) is 14.0 Å². The van der Waals surface area contributed by atoms with E-state index in [1.54, 1.807) is 25.4 Å². The summed E-state index contributed by atoms with van der Waals surface area (Å²) in [4.78, 5) is 17.6. The molecule has 182 valence electrons. The van der Waals surface area contributed by atoms with E-state index >= 15 is 0 Å². The summed E-state index contributed by atoms with van der Waals surface area (Å²) in [5.74, 6) is 2.61. The number of hydrogen-bond acceptors (Lipinski definition) is 7. The predicted octanol–water partition coefficient (Wildman–Crippen LogP) is 6.05. The number of amides is 1. The zero-order chi connectivity index (χ0) is 24.5. The van der Waals surface area contributed by atoms with Crippen LogP contribution < -0.4 is 14.8 Å². The van der Waals surface area contributed by atoms with Crippen LogP contribution in [-0.4, -0.2) is 29.8 Å². The van der Waals surface area contributed by atoms with Gasteiger partial charge >= 0.3 is 0 Å². The number of pyridine rings is 1. The van der Waals surface area contributed by atoms with Gasteiger partial charge in [0.15, 0.2) is 11.5 Å². The Morgan fingerprint density at radius 1 is 1.21 bits per heavy atom. The largest absolute Gasteiger partial charge is 0.493 e. The minimum atomic E-state index is -0.226. The molecule has 1 amide bonds. The highest BCUT2D eigenvalue weighted by molar-refractivity contribution is 7.98. The molecule has 34 heavy (non-hydrogen) atoms. The van der Waals surface area contributed by atoms with Crippen LogP contribution in [0.25, 0.3) is 0 Å². The molecule has 0 fully saturated rings. The number of nitrogens with zero attached hydrogens (tertiary/aromatic N) is 2. The van der Waals surface area contributed by atoms with Gasteiger partial charge in [0, 0.05) is 17.5 Å². The Bertz CT molecular complexity index is 1080. The minimum Gasteiger partial charge on any atom is -0.493 e. The molecule has 0 bridgehead atoms. The number of hydrogen-bond donors (Lipinski definition) is 1. The molecule has 0 saturated carbocycles. The van der Waals surface area contributed by atoms with Crippen LogP contribution in [0.4, 0.5) is 0 Å². The molecule has 0 aliphatic rings. The summed E-state index contributed by atoms with van der Waals surface area (Å²) >= 11 is 1.49. The molecule has 0 aliphatic heterocycles. The lowest BCUT2D eigenvalue weighted by atomic mass is 10.1. The number of aryl methyl sites for hydroxylation is 2. The SMILES string of the molecule is CCCCCOc1ccc(C(C)NC(=O)c2cccnc2SCc2c(C)noc2C)cc1OC. The Hall–Kier alpha value is -3.00. The van der Waals surface area contributed by atoms with Crippen molar-refractivity contribution in [2.24, 2.45) is 0 Å². The van der Waals surface area contributed by atoms with Gasteiger partial charge in [-0.15, -0.1) is 11.8 Å². The van der Waals surface area contributed by atoms with Gasteiger partial charge in [-0.25, -0.2) is 4.98 Å². The van der Waals surface area contributed by atoms with Crippen molar-refractivity contribution in [3.63, 3.8) is 0 Å². The highest BCUT2D eigenvalue weighted by Crippen LogP contribution is 2.31. The summed E-state index contributed by atoms with van der Waals surface area (Å²) < 4.78 is 16.6. The summed E-state index contributed by atoms with van der Waals surface area (Å²) in [5.41, 5.74) is 3.35. The van der Waals surface area contributed by atoms with Crippen molar-refractivity contribution < 1.29 is 18.8 Å². The third-order valence-corrected chi connectivity index (χ3v) is 6.62. The highest BCUT2D eigenvalue weighted by Gasteiger charge is 2.18. The Morgan fingerprint density at radius 3 is 2.74 bits per heavy atom. The summed E-state index contributed by atoms with van der Waals surface area (Å²) in [5, 5.41) is 7.74. The number of carbonyl (C=O) groups excluding carboxylic acids is 1. The Balaban J connectivity index is 1.67. The van der Waals surface area contributed by atoms with Crippen molar-refractivity contribution in [1.82, 2.24) is 15.5 Å². The van der Waals surface area contributed by atoms with Gasteiger partial charge < -0.3 is 19.3 Å². The number of methoxy groups -OCH3 is 1. The summed E-state index contributed by atoms with van der Waals surface area (Å²) in [6, 6.07) is 9.11. The van der Waals surface area contributed by atoms with E-state index in [9.17, 15) is 4.79 Å². The monoisotopic (exact) mass is 483 g/mol. The number of rotatable bonds is 12. The molecule has 8 heteroatoms. The quantitative estimate of drug-likeness (QED) is 0.248. The van der Waals surface area contributed by atoms with Gasteiger partial charge in [0.1, 0.15) is 10.8 Å². The van der Waals surface area contributed by atoms with Gasteiger partial charge in [-0.2, -0.15) is 0 Å². The van der Waals surface area contributed by atoms with Crippen molar-refractivity contribution in [2.75, 3.05) is 13.7 Å². The van der Waals surface area contributed by atoms with Crippen LogP contribution in [0.15, 0.2) is 46.1 Å². The molecule has 1 atom stereocenters. The zero-order valence-corrected chi connectivity index (χ0v) is 21.3. The van der Waals surface area contributed by atoms with Crippen LogP contribution in [0.5, 0.6) is 11.5 Å². The number of ether oxygens (including phenoxy) is 2. The van der Waals surface area contributed by atoms with Crippen LogP contribution >= 0.6 is 11.8 Å². The molecule has 0 radical (unpaired) electrons. The average Bonchev–Trinajstić information content (AvgIpc) is 3.17. The van der Waals surface area contributed by atoms with Gasteiger partial charge in [0.05, 0.1) is 31.0 Å². The lowest BCUT2D eigenvalue weighted by Gasteiger charge is -2.18. The van der Waals surface area contributed by atoms with Gasteiger partial charge in [0.2, 0.25) is 0 Å². The molecule has 1 unspecified atom stereocenters. The second-order valence-corrected chi connectivity index (χ2v) is 9.07. The third-order valence-electron chi connectivity index (χ3n) is 5.59. The normalized spacial score (nSPS) is 11.8. The number of thioether (sulfide) groups is 1. The van der Waals surface area contributed by atoms with Crippen molar-refractivity contribution in [3.8, 4) is 11.5 Å². The molecular weight excluding hydrogens is 450 g/mol. The maximum atomic E-state index is 13.1. The molecule has 0 saturated heterocycles. The molecule has 2 aromatic heterocycles. The molecule has 2 heterocycles. The fourth-order valence-corrected chi connectivity index (χ4v) is 4.64. The first-order valence-corrected chi connectivity index (χ1v) is 12.5. The first-order valence-electron chi connectivity index (χ1n) is 11.6. The lowest BCUT2D eigenvalue weighted by Crippen LogP contribution is -2.27. The van der Waals surface area contributed by atoms with Gasteiger partial charge in [-0.3, -0.25) is 4.79 Å². The molecule has 0 spiro atoms. The van der Waals surface area contributed by atoms with Gasteiger partial charge in [-0.1, -0.05) is 31.0 Å². The van der Waals surface area contributed by atoms with E-state index in [0.717, 1.165) is 41.8 Å². The fourth-order valence-electron chi connectivity index (χ4n) is 3.49. The Labute approximate surface area is 205 Å². The zero-order valence-electron chi connectivity index (χ0n) is 20.5. The Kier molecular flexibility index (Phi) is 9.39. The highest BCUT2D eigenvalue weighted by atomic mass is 32.2. The van der Waals surface area contributed by atoms with Crippen LogP contribution in [0.3, 0.4) is 0 Å². The topological polar surface area (TPSA) is 86.5 Å². The van der Waals surface area contributed by atoms with Crippen LogP contribution in [-0.2, 0) is 5.75 Å². The van der Waals surface area contributed by atoms with Gasteiger partial charge in [0.25, 0.3) is 5.91 Å². The fraction of sp³-hybridized carbons (Fsp3) is 0.423. The maximum absolute atomic E-state index is 13.1. The third kappa shape index (κ3) is 6.53. The number of carbonyl (C=O) groups is 1. The van der Waals surface area contributed by atoms with Crippen LogP contribution in [0, 0.1) is 13.8 Å². The van der Waals surface area contributed by atoms with Gasteiger partial charge in [-0.05, 0) is 57.0 Å². The number of benzene rings is 1. The summed E-state index contributed by atoms with van der Waals surface area (Å²) in [6.07, 6.45) is 4.99. The van der Waals surface area contributed by atoms with E-state index < -0.39 is 0 Å². The van der Waals surface area contributed by atoms with E-state index in [1.165, 1.54) is 11.8 Å². The van der Waals surface area contributed by atoms with Crippen molar-refractivity contribution in [1.29, 1.82) is 0 Å². The molecule has 1 N–H and O–H groups in total. The van der Waals surface area contributed by atoms with Crippen molar-refractivity contribution in [2.45, 2.75) is 63.8 Å². The number of unbranched alkanes of at least 4 members (excludes halogenated alkanes) is 2. The van der Waals surface area contributed by atoms with Crippen molar-refractivity contribution in [3.05, 3.63) is 64.7 Å². The van der Waals surface area contributed by atoms with E-state index in [2.05, 4.69) is 22.4 Å². The smallest absolute Gasteiger partial charge is 0.254 e. The standard InChI is InChI=1S/C26H33N3O4S/c1-6-7-8-14-32-23-12-11-20(15-24(23)31-5)17(2)28-25(30)21-10-9-13-27-26(21)34-16-22-18(3)29-33-19(22)4/h9-13,15,17H,6-8,14,16H2,1-5H3,(H,28,30).